The maximum Gasteiger partial charge on any atom is 0.543 e. The molecule has 6 nitrogen and oxygen atoms in total. The smallest absolute Gasteiger partial charge is 0.429 e. The van der Waals surface area contributed by atoms with Gasteiger partial charge in [0.2, 0.25) is 0 Å². The molecule has 1 fully saturated rings. The van der Waals surface area contributed by atoms with Crippen molar-refractivity contribution in [2.45, 2.75) is 71.3 Å². The second-order valence-corrected chi connectivity index (χ2v) is 7.71. The highest BCUT2D eigenvalue weighted by molar-refractivity contribution is 5.88. The van der Waals surface area contributed by atoms with Gasteiger partial charge in [-0.2, -0.15) is 0 Å². The maximum atomic E-state index is 11.9. The molecule has 0 aromatic heterocycles. The van der Waals surface area contributed by atoms with Gasteiger partial charge in [0.1, 0.15) is 6.10 Å². The Labute approximate surface area is 154 Å². The van der Waals surface area contributed by atoms with Gasteiger partial charge in [-0.25, -0.2) is 14.5 Å². The van der Waals surface area contributed by atoms with Crippen molar-refractivity contribution in [1.29, 1.82) is 0 Å². The first-order valence-electron chi connectivity index (χ1n) is 9.18. The minimum atomic E-state index is -0.994. The average Bonchev–Trinajstić information content (AvgIpc) is 2.61. The predicted molar refractivity (Wildman–Crippen MR) is 95.2 cm³/mol. The third kappa shape index (κ3) is 5.73. The van der Waals surface area contributed by atoms with Gasteiger partial charge in [0, 0.05) is 0 Å². The molecule has 0 spiro atoms. The molecule has 1 aromatic rings. The Kier molecular flexibility index (Phi) is 7.03. The van der Waals surface area contributed by atoms with E-state index in [0.717, 1.165) is 37.7 Å². The van der Waals surface area contributed by atoms with Crippen LogP contribution in [-0.4, -0.2) is 18.2 Å². The number of hydrogen-bond donors (Lipinski definition) is 0. The van der Waals surface area contributed by atoms with Crippen molar-refractivity contribution < 1.29 is 29.1 Å². The van der Waals surface area contributed by atoms with Gasteiger partial charge in [-0.3, -0.25) is 4.89 Å². The molecular weight excluding hydrogens is 336 g/mol. The Morgan fingerprint density at radius 2 is 1.69 bits per heavy atom. The van der Waals surface area contributed by atoms with E-state index in [1.54, 1.807) is 12.1 Å². The van der Waals surface area contributed by atoms with Gasteiger partial charge >= 0.3 is 12.1 Å². The molecule has 1 saturated carbocycles. The second-order valence-electron chi connectivity index (χ2n) is 7.71. The Bertz CT molecular complexity index is 602. The summed E-state index contributed by atoms with van der Waals surface area (Å²) in [7, 11) is 0. The van der Waals surface area contributed by atoms with Crippen LogP contribution in [0.15, 0.2) is 24.3 Å². The summed E-state index contributed by atoms with van der Waals surface area (Å²) in [5.74, 6) is -0.414. The molecule has 0 N–H and O–H groups in total. The lowest BCUT2D eigenvalue weighted by Crippen LogP contribution is -2.30. The van der Waals surface area contributed by atoms with E-state index < -0.39 is 12.1 Å². The number of ether oxygens (including phenoxy) is 1. The van der Waals surface area contributed by atoms with Crippen molar-refractivity contribution >= 4 is 12.1 Å². The van der Waals surface area contributed by atoms with E-state index in [1.165, 1.54) is 0 Å². The molecule has 2 atom stereocenters. The summed E-state index contributed by atoms with van der Waals surface area (Å²) in [4.78, 5) is 32.5. The molecule has 2 rings (SSSR count). The van der Waals surface area contributed by atoms with Gasteiger partial charge in [0.05, 0.1) is 10.6 Å². The number of rotatable bonds is 5. The molecule has 0 amide bonds. The first kappa shape index (κ1) is 20.2. The van der Waals surface area contributed by atoms with Crippen molar-refractivity contribution in [1.82, 2.24) is 0 Å². The third-order valence-corrected chi connectivity index (χ3v) is 4.81. The predicted octanol–water partition coefficient (Wildman–Crippen LogP) is 5.11. The van der Waals surface area contributed by atoms with E-state index in [9.17, 15) is 9.59 Å². The Morgan fingerprint density at radius 1 is 1.04 bits per heavy atom. The second kappa shape index (κ2) is 9.03. The maximum absolute atomic E-state index is 11.9. The molecule has 1 aliphatic rings. The van der Waals surface area contributed by atoms with E-state index in [4.69, 9.17) is 4.74 Å². The van der Waals surface area contributed by atoms with Crippen molar-refractivity contribution in [2.24, 2.45) is 5.92 Å². The van der Waals surface area contributed by atoms with E-state index in [-0.39, 0.29) is 11.5 Å². The highest BCUT2D eigenvalue weighted by atomic mass is 17.5. The molecule has 1 aliphatic carbocycles. The third-order valence-electron chi connectivity index (χ3n) is 4.81. The molecule has 0 saturated heterocycles. The van der Waals surface area contributed by atoms with Crippen LogP contribution in [0.25, 0.3) is 0 Å². The zero-order valence-electron chi connectivity index (χ0n) is 15.9. The summed E-state index contributed by atoms with van der Waals surface area (Å²) in [6.45, 7) is 8.32. The fraction of sp³-hybridized carbons (Fsp3) is 0.600. The van der Waals surface area contributed by atoms with Gasteiger partial charge in [-0.1, -0.05) is 46.2 Å². The van der Waals surface area contributed by atoms with Gasteiger partial charge in [-0.05, 0) is 54.7 Å². The quantitative estimate of drug-likeness (QED) is 0.411. The number of carbonyl (C=O) groups is 2. The summed E-state index contributed by atoms with van der Waals surface area (Å²) >= 11 is 0. The van der Waals surface area contributed by atoms with Crippen molar-refractivity contribution in [3.63, 3.8) is 0 Å². The highest BCUT2D eigenvalue weighted by Gasteiger charge is 2.28. The van der Waals surface area contributed by atoms with Crippen LogP contribution in [0.4, 0.5) is 4.79 Å². The molecule has 0 radical (unpaired) electrons. The summed E-state index contributed by atoms with van der Waals surface area (Å²) < 4.78 is 5.26. The zero-order valence-corrected chi connectivity index (χ0v) is 15.9. The fourth-order valence-corrected chi connectivity index (χ4v) is 3.17. The first-order valence-corrected chi connectivity index (χ1v) is 9.18. The van der Waals surface area contributed by atoms with Crippen LogP contribution in [0.1, 0.15) is 75.7 Å². The molecule has 26 heavy (non-hydrogen) atoms. The molecule has 2 unspecified atom stereocenters. The molecule has 0 heterocycles. The summed E-state index contributed by atoms with van der Waals surface area (Å²) in [5.41, 5.74) is 1.38. The lowest BCUT2D eigenvalue weighted by Gasteiger charge is -2.29. The molecule has 0 aliphatic heterocycles. The monoisotopic (exact) mass is 364 g/mol. The summed E-state index contributed by atoms with van der Waals surface area (Å²) in [5, 5.41) is 4.30. The van der Waals surface area contributed by atoms with Crippen molar-refractivity contribution in [3.8, 4) is 0 Å². The van der Waals surface area contributed by atoms with Gasteiger partial charge in [0.15, 0.2) is 0 Å². The highest BCUT2D eigenvalue weighted by Crippen LogP contribution is 2.29. The van der Waals surface area contributed by atoms with Crippen LogP contribution in [0.2, 0.25) is 0 Å². The Hall–Kier alpha value is -2.08. The minimum Gasteiger partial charge on any atom is -0.429 e. The summed E-state index contributed by atoms with van der Waals surface area (Å²) in [6.07, 6.45) is 3.79. The Balaban J connectivity index is 1.76. The van der Waals surface area contributed by atoms with E-state index in [2.05, 4.69) is 42.5 Å². The topological polar surface area (TPSA) is 71.1 Å². The van der Waals surface area contributed by atoms with Crippen LogP contribution in [0.5, 0.6) is 0 Å². The molecular formula is C20H28O6. The van der Waals surface area contributed by atoms with Crippen LogP contribution < -0.4 is 0 Å². The normalized spacial score (nSPS) is 20.3. The largest absolute Gasteiger partial charge is 0.543 e. The van der Waals surface area contributed by atoms with Gasteiger partial charge in [-0.15, -0.1) is 0 Å². The molecule has 144 valence electrons. The van der Waals surface area contributed by atoms with Crippen LogP contribution >= 0.6 is 0 Å². The van der Waals surface area contributed by atoms with E-state index >= 15 is 0 Å². The van der Waals surface area contributed by atoms with E-state index in [1.807, 2.05) is 12.1 Å². The zero-order chi connectivity index (χ0) is 19.2. The number of carbonyl (C=O) groups excluding carboxylic acids is 2. The molecule has 0 bridgehead atoms. The van der Waals surface area contributed by atoms with Crippen LogP contribution in [0, 0.1) is 5.92 Å². The lowest BCUT2D eigenvalue weighted by molar-refractivity contribution is -0.453. The standard InChI is InChI=1S/C20H28O6/c1-5-14-8-6-7-9-17(14)23-19(22)25-26-24-18(21)15-10-12-16(13-11-15)20(2,3)4/h10-14,17H,5-9H2,1-4H3. The SMILES string of the molecule is CCC1CCCCC1OC(=O)OOOC(=O)c1ccc(C(C)(C)C)cc1. The molecule has 1 aromatic carbocycles. The van der Waals surface area contributed by atoms with Crippen LogP contribution in [0.3, 0.4) is 0 Å². The van der Waals surface area contributed by atoms with Crippen molar-refractivity contribution in [3.05, 3.63) is 35.4 Å². The molecule has 6 heteroatoms. The minimum absolute atomic E-state index is 0.0126. The number of benzene rings is 1. The van der Waals surface area contributed by atoms with Gasteiger partial charge < -0.3 is 4.74 Å². The van der Waals surface area contributed by atoms with Crippen LogP contribution in [-0.2, 0) is 25.0 Å². The number of hydrogen-bond acceptors (Lipinski definition) is 6. The van der Waals surface area contributed by atoms with E-state index in [0.29, 0.717) is 11.5 Å². The van der Waals surface area contributed by atoms with Crippen molar-refractivity contribution in [2.75, 3.05) is 0 Å². The average molecular weight is 364 g/mol. The first-order chi connectivity index (χ1) is 12.3. The summed E-state index contributed by atoms with van der Waals surface area (Å²) in [6, 6.07) is 6.97. The lowest BCUT2D eigenvalue weighted by atomic mass is 9.85. The fourth-order valence-electron chi connectivity index (χ4n) is 3.17. The Morgan fingerprint density at radius 3 is 2.31 bits per heavy atom. The van der Waals surface area contributed by atoms with Gasteiger partial charge in [0.25, 0.3) is 0 Å².